The summed E-state index contributed by atoms with van der Waals surface area (Å²) in [7, 11) is 6.49. The second-order valence-corrected chi connectivity index (χ2v) is 5.90. The van der Waals surface area contributed by atoms with Gasteiger partial charge in [0.2, 0.25) is 5.91 Å². The van der Waals surface area contributed by atoms with E-state index >= 15 is 0 Å². The van der Waals surface area contributed by atoms with Crippen molar-refractivity contribution in [3.8, 4) is 17.2 Å². The van der Waals surface area contributed by atoms with Gasteiger partial charge in [-0.1, -0.05) is 24.3 Å². The Kier molecular flexibility index (Phi) is 6.67. The van der Waals surface area contributed by atoms with E-state index < -0.39 is 0 Å². The first-order chi connectivity index (χ1) is 12.5. The van der Waals surface area contributed by atoms with E-state index in [-0.39, 0.29) is 5.91 Å². The van der Waals surface area contributed by atoms with E-state index in [2.05, 4.69) is 0 Å². The largest absolute Gasteiger partial charge is 0.496 e. The standard InChI is InChI=1S/C21H25NO4/c1-15-8-6-7-9-17(15)14-22(2)21(23)11-10-16-12-19(25-4)20(26-5)13-18(16)24-3/h6-13H,14H2,1-5H3/b11-10+. The van der Waals surface area contributed by atoms with Crippen molar-refractivity contribution in [2.24, 2.45) is 0 Å². The number of nitrogens with zero attached hydrogens (tertiary/aromatic N) is 1. The Morgan fingerprint density at radius 1 is 1.00 bits per heavy atom. The molecular weight excluding hydrogens is 330 g/mol. The zero-order valence-corrected chi connectivity index (χ0v) is 15.9. The number of benzene rings is 2. The van der Waals surface area contributed by atoms with E-state index in [0.717, 1.165) is 16.7 Å². The lowest BCUT2D eigenvalue weighted by molar-refractivity contribution is -0.125. The molecule has 0 aliphatic heterocycles. The van der Waals surface area contributed by atoms with Crippen molar-refractivity contribution in [1.82, 2.24) is 4.90 Å². The smallest absolute Gasteiger partial charge is 0.246 e. The highest BCUT2D eigenvalue weighted by atomic mass is 16.5. The van der Waals surface area contributed by atoms with Crippen LogP contribution in [-0.2, 0) is 11.3 Å². The predicted octanol–water partition coefficient (Wildman–Crippen LogP) is 3.69. The second kappa shape index (κ2) is 8.94. The van der Waals surface area contributed by atoms with Crippen molar-refractivity contribution in [1.29, 1.82) is 0 Å². The minimum absolute atomic E-state index is 0.0925. The average molecular weight is 355 g/mol. The zero-order valence-electron chi connectivity index (χ0n) is 15.9. The number of methoxy groups -OCH3 is 3. The monoisotopic (exact) mass is 355 g/mol. The summed E-state index contributed by atoms with van der Waals surface area (Å²) < 4.78 is 16.0. The fraction of sp³-hybridized carbons (Fsp3) is 0.286. The Labute approximate surface area is 154 Å². The van der Waals surface area contributed by atoms with E-state index in [4.69, 9.17) is 14.2 Å². The highest BCUT2D eigenvalue weighted by molar-refractivity contribution is 5.92. The Morgan fingerprint density at radius 2 is 1.62 bits per heavy atom. The van der Waals surface area contributed by atoms with Crippen molar-refractivity contribution >= 4 is 12.0 Å². The maximum absolute atomic E-state index is 12.5. The van der Waals surface area contributed by atoms with Gasteiger partial charge in [0, 0.05) is 31.3 Å². The van der Waals surface area contributed by atoms with E-state index in [1.807, 2.05) is 31.2 Å². The number of aryl methyl sites for hydroxylation is 1. The molecule has 0 aromatic heterocycles. The first-order valence-electron chi connectivity index (χ1n) is 8.27. The number of ether oxygens (including phenoxy) is 3. The van der Waals surface area contributed by atoms with Crippen LogP contribution in [0.3, 0.4) is 0 Å². The maximum Gasteiger partial charge on any atom is 0.246 e. The summed E-state index contributed by atoms with van der Waals surface area (Å²) in [4.78, 5) is 14.1. The van der Waals surface area contributed by atoms with Gasteiger partial charge in [0.05, 0.1) is 21.3 Å². The topological polar surface area (TPSA) is 48.0 Å². The molecule has 138 valence electrons. The highest BCUT2D eigenvalue weighted by Gasteiger charge is 2.11. The van der Waals surface area contributed by atoms with Crippen LogP contribution in [-0.4, -0.2) is 39.2 Å². The third-order valence-corrected chi connectivity index (χ3v) is 4.19. The summed E-state index contributed by atoms with van der Waals surface area (Å²) in [5.41, 5.74) is 3.03. The molecule has 0 spiro atoms. The van der Waals surface area contributed by atoms with E-state index in [0.29, 0.717) is 23.8 Å². The lowest BCUT2D eigenvalue weighted by Crippen LogP contribution is -2.24. The van der Waals surface area contributed by atoms with Gasteiger partial charge in [-0.3, -0.25) is 4.79 Å². The highest BCUT2D eigenvalue weighted by Crippen LogP contribution is 2.35. The van der Waals surface area contributed by atoms with Crippen LogP contribution in [0.5, 0.6) is 17.2 Å². The summed E-state index contributed by atoms with van der Waals surface area (Å²) in [5.74, 6) is 1.66. The Hall–Kier alpha value is -2.95. The van der Waals surface area contributed by atoms with Crippen LogP contribution >= 0.6 is 0 Å². The summed E-state index contributed by atoms with van der Waals surface area (Å²) in [6, 6.07) is 11.6. The molecule has 5 heteroatoms. The molecule has 0 atom stereocenters. The molecule has 0 heterocycles. The lowest BCUT2D eigenvalue weighted by Gasteiger charge is -2.17. The molecule has 26 heavy (non-hydrogen) atoms. The van der Waals surface area contributed by atoms with Gasteiger partial charge in [-0.2, -0.15) is 0 Å². The molecule has 0 radical (unpaired) electrons. The molecule has 2 aromatic rings. The first-order valence-corrected chi connectivity index (χ1v) is 8.27. The molecule has 0 N–H and O–H groups in total. The molecule has 0 aliphatic rings. The summed E-state index contributed by atoms with van der Waals surface area (Å²) in [6.07, 6.45) is 3.25. The molecule has 0 bridgehead atoms. The molecule has 1 amide bonds. The first kappa shape index (κ1) is 19.4. The van der Waals surface area contributed by atoms with Crippen molar-refractivity contribution < 1.29 is 19.0 Å². The molecule has 0 saturated heterocycles. The Balaban J connectivity index is 2.17. The van der Waals surface area contributed by atoms with Gasteiger partial charge < -0.3 is 19.1 Å². The van der Waals surface area contributed by atoms with Gasteiger partial charge >= 0.3 is 0 Å². The Bertz CT molecular complexity index is 799. The van der Waals surface area contributed by atoms with E-state index in [1.54, 1.807) is 51.5 Å². The van der Waals surface area contributed by atoms with Crippen LogP contribution in [0.2, 0.25) is 0 Å². The third-order valence-electron chi connectivity index (χ3n) is 4.19. The quantitative estimate of drug-likeness (QED) is 0.711. The van der Waals surface area contributed by atoms with Crippen LogP contribution in [0, 0.1) is 6.92 Å². The predicted molar refractivity (Wildman–Crippen MR) is 103 cm³/mol. The lowest BCUT2D eigenvalue weighted by atomic mass is 10.1. The van der Waals surface area contributed by atoms with Crippen LogP contribution in [0.4, 0.5) is 0 Å². The molecule has 2 rings (SSSR count). The number of likely N-dealkylation sites (N-methyl/N-ethyl adjacent to an activating group) is 1. The molecule has 0 aliphatic carbocycles. The van der Waals surface area contributed by atoms with Crippen molar-refractivity contribution in [3.05, 3.63) is 59.2 Å². The van der Waals surface area contributed by atoms with Gasteiger partial charge in [-0.15, -0.1) is 0 Å². The third kappa shape index (κ3) is 4.57. The number of hydrogen-bond acceptors (Lipinski definition) is 4. The van der Waals surface area contributed by atoms with E-state index in [1.165, 1.54) is 6.08 Å². The van der Waals surface area contributed by atoms with Gasteiger partial charge in [0.1, 0.15) is 5.75 Å². The minimum Gasteiger partial charge on any atom is -0.496 e. The second-order valence-electron chi connectivity index (χ2n) is 5.90. The zero-order chi connectivity index (χ0) is 19.1. The van der Waals surface area contributed by atoms with Crippen LogP contribution in [0.15, 0.2) is 42.5 Å². The van der Waals surface area contributed by atoms with Crippen molar-refractivity contribution in [2.45, 2.75) is 13.5 Å². The summed E-state index contributed by atoms with van der Waals surface area (Å²) >= 11 is 0. The number of carbonyl (C=O) groups is 1. The van der Waals surface area contributed by atoms with Crippen LogP contribution in [0.1, 0.15) is 16.7 Å². The number of rotatable bonds is 7. The fourth-order valence-corrected chi connectivity index (χ4v) is 2.59. The molecule has 0 saturated carbocycles. The fourth-order valence-electron chi connectivity index (χ4n) is 2.59. The average Bonchev–Trinajstić information content (AvgIpc) is 2.66. The van der Waals surface area contributed by atoms with Gasteiger partial charge in [-0.05, 0) is 30.2 Å². The Morgan fingerprint density at radius 3 is 2.23 bits per heavy atom. The molecule has 0 fully saturated rings. The van der Waals surface area contributed by atoms with Crippen molar-refractivity contribution in [3.63, 3.8) is 0 Å². The van der Waals surface area contributed by atoms with E-state index in [9.17, 15) is 4.79 Å². The van der Waals surface area contributed by atoms with Crippen molar-refractivity contribution in [2.75, 3.05) is 28.4 Å². The summed E-state index contributed by atoms with van der Waals surface area (Å²) in [6.45, 7) is 2.59. The number of carbonyl (C=O) groups excluding carboxylic acids is 1. The van der Waals surface area contributed by atoms with Gasteiger partial charge in [0.25, 0.3) is 0 Å². The minimum atomic E-state index is -0.0925. The molecule has 5 nitrogen and oxygen atoms in total. The van der Waals surface area contributed by atoms with Crippen LogP contribution < -0.4 is 14.2 Å². The molecule has 0 unspecified atom stereocenters. The van der Waals surface area contributed by atoms with Gasteiger partial charge in [-0.25, -0.2) is 0 Å². The number of hydrogen-bond donors (Lipinski definition) is 0. The molecular formula is C21H25NO4. The molecule has 2 aromatic carbocycles. The number of amides is 1. The maximum atomic E-state index is 12.5. The SMILES string of the molecule is COc1cc(OC)c(OC)cc1/C=C/C(=O)N(C)Cc1ccccc1C. The normalized spacial score (nSPS) is 10.7. The summed E-state index contributed by atoms with van der Waals surface area (Å²) in [5, 5.41) is 0. The van der Waals surface area contributed by atoms with Gasteiger partial charge in [0.15, 0.2) is 11.5 Å². The van der Waals surface area contributed by atoms with Crippen LogP contribution in [0.25, 0.3) is 6.08 Å².